The molecule has 0 saturated carbocycles. The second kappa shape index (κ2) is 8.36. The summed E-state index contributed by atoms with van der Waals surface area (Å²) in [6.07, 6.45) is 7.19. The van der Waals surface area contributed by atoms with Crippen molar-refractivity contribution in [2.24, 2.45) is 0 Å². The van der Waals surface area contributed by atoms with E-state index in [1.807, 2.05) is 62.9 Å². The third-order valence-electron chi connectivity index (χ3n) is 3.41. The van der Waals surface area contributed by atoms with E-state index in [2.05, 4.69) is 12.2 Å². The molecule has 0 bridgehead atoms. The molecule has 20 heavy (non-hydrogen) atoms. The molecule has 2 nitrogen and oxygen atoms in total. The zero-order valence-corrected chi connectivity index (χ0v) is 13.0. The van der Waals surface area contributed by atoms with E-state index in [-0.39, 0.29) is 5.91 Å². The highest BCUT2D eigenvalue weighted by molar-refractivity contribution is 5.94. The Morgan fingerprint density at radius 3 is 2.15 bits per heavy atom. The molecule has 0 heterocycles. The van der Waals surface area contributed by atoms with E-state index in [0.717, 1.165) is 25.1 Å². The van der Waals surface area contributed by atoms with Crippen LogP contribution in [0.4, 0.5) is 0 Å². The molecule has 0 unspecified atom stereocenters. The van der Waals surface area contributed by atoms with E-state index >= 15 is 0 Å². The van der Waals surface area contributed by atoms with Crippen LogP contribution in [-0.4, -0.2) is 23.9 Å². The summed E-state index contributed by atoms with van der Waals surface area (Å²) < 4.78 is 0. The van der Waals surface area contributed by atoms with Crippen LogP contribution in [0.1, 0.15) is 43.6 Å². The van der Waals surface area contributed by atoms with Gasteiger partial charge in [-0.15, -0.1) is 0 Å². The van der Waals surface area contributed by atoms with Crippen LogP contribution in [0.5, 0.6) is 0 Å². The third-order valence-corrected chi connectivity index (χ3v) is 3.41. The molecule has 108 valence electrons. The second-order valence-electron chi connectivity index (χ2n) is 4.71. The van der Waals surface area contributed by atoms with Gasteiger partial charge in [0.25, 0.3) is 5.91 Å². The second-order valence-corrected chi connectivity index (χ2v) is 4.71. The van der Waals surface area contributed by atoms with Crippen molar-refractivity contribution >= 4 is 5.91 Å². The molecule has 1 rings (SSSR count). The number of amides is 1. The molecule has 2 heteroatoms. The number of allylic oxidation sites excluding steroid dienone is 4. The van der Waals surface area contributed by atoms with Gasteiger partial charge in [-0.3, -0.25) is 4.79 Å². The van der Waals surface area contributed by atoms with Gasteiger partial charge in [0.15, 0.2) is 0 Å². The van der Waals surface area contributed by atoms with Crippen molar-refractivity contribution in [1.82, 2.24) is 4.90 Å². The van der Waals surface area contributed by atoms with E-state index in [1.54, 1.807) is 0 Å². The lowest BCUT2D eigenvalue weighted by Gasteiger charge is -2.18. The van der Waals surface area contributed by atoms with E-state index < -0.39 is 0 Å². The number of carbonyl (C=O) groups is 1. The molecular weight excluding hydrogens is 246 g/mol. The molecule has 0 aromatic heterocycles. The van der Waals surface area contributed by atoms with Gasteiger partial charge in [-0.1, -0.05) is 30.4 Å². The Morgan fingerprint density at radius 2 is 1.70 bits per heavy atom. The average molecular weight is 271 g/mol. The zero-order chi connectivity index (χ0) is 15.0. The first-order valence-electron chi connectivity index (χ1n) is 7.32. The van der Waals surface area contributed by atoms with E-state index in [9.17, 15) is 4.79 Å². The summed E-state index contributed by atoms with van der Waals surface area (Å²) >= 11 is 0. The Kier molecular flexibility index (Phi) is 6.78. The summed E-state index contributed by atoms with van der Waals surface area (Å²) in [6.45, 7) is 9.58. The third kappa shape index (κ3) is 4.37. The number of benzene rings is 1. The lowest BCUT2D eigenvalue weighted by Crippen LogP contribution is -2.30. The van der Waals surface area contributed by atoms with E-state index in [0.29, 0.717) is 0 Å². The van der Waals surface area contributed by atoms with Crippen LogP contribution in [0, 0.1) is 0 Å². The van der Waals surface area contributed by atoms with Crippen LogP contribution in [0.25, 0.3) is 0 Å². The van der Waals surface area contributed by atoms with Crippen molar-refractivity contribution in [2.45, 2.75) is 34.1 Å². The fraction of sp³-hybridized carbons (Fsp3) is 0.389. The van der Waals surface area contributed by atoms with Crippen molar-refractivity contribution < 1.29 is 4.79 Å². The number of rotatable bonds is 6. The van der Waals surface area contributed by atoms with Crippen LogP contribution in [-0.2, 0) is 6.42 Å². The first kappa shape index (κ1) is 16.2. The number of carbonyl (C=O) groups excluding carboxylic acids is 1. The Bertz CT molecular complexity index is 479. The van der Waals surface area contributed by atoms with Crippen LogP contribution in [0.3, 0.4) is 0 Å². The normalized spacial score (nSPS) is 11.9. The van der Waals surface area contributed by atoms with Gasteiger partial charge in [0.05, 0.1) is 0 Å². The first-order chi connectivity index (χ1) is 9.65. The number of hydrogen-bond acceptors (Lipinski definition) is 1. The highest BCUT2D eigenvalue weighted by atomic mass is 16.2. The lowest BCUT2D eigenvalue weighted by atomic mass is 10.0. The van der Waals surface area contributed by atoms with Crippen molar-refractivity contribution in [3.63, 3.8) is 0 Å². The van der Waals surface area contributed by atoms with Crippen molar-refractivity contribution in [3.8, 4) is 0 Å². The molecule has 0 fully saturated rings. The van der Waals surface area contributed by atoms with Gasteiger partial charge < -0.3 is 4.90 Å². The molecule has 1 aromatic rings. The maximum atomic E-state index is 12.2. The molecule has 0 aliphatic heterocycles. The molecule has 0 atom stereocenters. The number of nitrogens with zero attached hydrogens (tertiary/aromatic N) is 1. The van der Waals surface area contributed by atoms with Crippen LogP contribution in [0.15, 0.2) is 48.1 Å². The fourth-order valence-corrected chi connectivity index (χ4v) is 2.17. The maximum absolute atomic E-state index is 12.2. The summed E-state index contributed by atoms with van der Waals surface area (Å²) in [6, 6.07) is 7.95. The highest BCUT2D eigenvalue weighted by Crippen LogP contribution is 2.12. The predicted molar refractivity (Wildman–Crippen MR) is 86.0 cm³/mol. The lowest BCUT2D eigenvalue weighted by molar-refractivity contribution is 0.0773. The molecule has 0 spiro atoms. The molecule has 0 aliphatic rings. The van der Waals surface area contributed by atoms with Crippen LogP contribution >= 0.6 is 0 Å². The standard InChI is InChI=1S/C18H25NO/c1-5-9-15(6-2)14-16-10-12-17(13-11-16)18(20)19(7-3)8-4/h5-6,9-13H,7-8,14H2,1-4H3/b9-5-,15-6+. The monoisotopic (exact) mass is 271 g/mol. The summed E-state index contributed by atoms with van der Waals surface area (Å²) in [5, 5.41) is 0. The highest BCUT2D eigenvalue weighted by Gasteiger charge is 2.11. The van der Waals surface area contributed by atoms with Gasteiger partial charge in [-0.25, -0.2) is 0 Å². The molecule has 0 saturated heterocycles. The molecular formula is C18H25NO. The first-order valence-corrected chi connectivity index (χ1v) is 7.32. The average Bonchev–Trinajstić information content (AvgIpc) is 2.48. The summed E-state index contributed by atoms with van der Waals surface area (Å²) in [5.74, 6) is 0.112. The smallest absolute Gasteiger partial charge is 0.253 e. The van der Waals surface area contributed by atoms with Gasteiger partial charge in [0, 0.05) is 18.7 Å². The quantitative estimate of drug-likeness (QED) is 0.709. The van der Waals surface area contributed by atoms with Crippen molar-refractivity contribution in [1.29, 1.82) is 0 Å². The largest absolute Gasteiger partial charge is 0.339 e. The molecule has 1 aromatic carbocycles. The summed E-state index contributed by atoms with van der Waals surface area (Å²) in [7, 11) is 0. The topological polar surface area (TPSA) is 20.3 Å². The predicted octanol–water partition coefficient (Wildman–Crippen LogP) is 4.23. The molecule has 0 N–H and O–H groups in total. The van der Waals surface area contributed by atoms with Crippen LogP contribution in [0.2, 0.25) is 0 Å². The minimum Gasteiger partial charge on any atom is -0.339 e. The van der Waals surface area contributed by atoms with Gasteiger partial charge in [-0.2, -0.15) is 0 Å². The Labute approximate surface area is 122 Å². The van der Waals surface area contributed by atoms with Gasteiger partial charge in [-0.05, 0) is 57.4 Å². The van der Waals surface area contributed by atoms with Crippen molar-refractivity contribution in [2.75, 3.05) is 13.1 Å². The Balaban J connectivity index is 2.81. The fourth-order valence-electron chi connectivity index (χ4n) is 2.17. The molecule has 1 amide bonds. The van der Waals surface area contributed by atoms with Crippen LogP contribution < -0.4 is 0 Å². The van der Waals surface area contributed by atoms with Gasteiger partial charge >= 0.3 is 0 Å². The number of hydrogen-bond donors (Lipinski definition) is 0. The molecule has 0 radical (unpaired) electrons. The Hall–Kier alpha value is -1.83. The summed E-state index contributed by atoms with van der Waals surface area (Å²) in [5.41, 5.74) is 3.29. The Morgan fingerprint density at radius 1 is 1.10 bits per heavy atom. The maximum Gasteiger partial charge on any atom is 0.253 e. The molecule has 0 aliphatic carbocycles. The SMILES string of the molecule is C/C=C\C(=C/C)Cc1ccc(C(=O)N(CC)CC)cc1. The van der Waals surface area contributed by atoms with Gasteiger partial charge in [0.2, 0.25) is 0 Å². The van der Waals surface area contributed by atoms with E-state index in [4.69, 9.17) is 0 Å². The zero-order valence-electron chi connectivity index (χ0n) is 13.0. The van der Waals surface area contributed by atoms with Gasteiger partial charge in [0.1, 0.15) is 0 Å². The van der Waals surface area contributed by atoms with Crippen molar-refractivity contribution in [3.05, 3.63) is 59.2 Å². The minimum absolute atomic E-state index is 0.112. The summed E-state index contributed by atoms with van der Waals surface area (Å²) in [4.78, 5) is 14.0. The van der Waals surface area contributed by atoms with E-state index in [1.165, 1.54) is 11.1 Å². The minimum atomic E-state index is 0.112.